The summed E-state index contributed by atoms with van der Waals surface area (Å²) in [5.41, 5.74) is 1.33. The van der Waals surface area contributed by atoms with Gasteiger partial charge in [-0.05, 0) is 36.4 Å². The van der Waals surface area contributed by atoms with E-state index in [-0.39, 0.29) is 11.4 Å². The molecule has 2 aromatic carbocycles. The van der Waals surface area contributed by atoms with Gasteiger partial charge in [-0.1, -0.05) is 12.1 Å². The highest BCUT2D eigenvalue weighted by Crippen LogP contribution is 2.37. The van der Waals surface area contributed by atoms with Gasteiger partial charge in [0, 0.05) is 30.1 Å². The van der Waals surface area contributed by atoms with Crippen LogP contribution < -0.4 is 15.4 Å². The number of para-hydroxylation sites is 1. The van der Waals surface area contributed by atoms with E-state index in [1.807, 2.05) is 12.1 Å². The van der Waals surface area contributed by atoms with Gasteiger partial charge in [-0.25, -0.2) is 4.39 Å². The third-order valence-electron chi connectivity index (χ3n) is 4.60. The van der Waals surface area contributed by atoms with Gasteiger partial charge in [-0.15, -0.1) is 0 Å². The van der Waals surface area contributed by atoms with Crippen LogP contribution in [0.5, 0.6) is 5.75 Å². The molecule has 0 bridgehead atoms. The Morgan fingerprint density at radius 2 is 1.76 bits per heavy atom. The zero-order valence-corrected chi connectivity index (χ0v) is 15.3. The van der Waals surface area contributed by atoms with Crippen molar-refractivity contribution in [1.82, 2.24) is 4.57 Å². The number of carbonyl (C=O) groups is 2. The van der Waals surface area contributed by atoms with Crippen LogP contribution in [0.3, 0.4) is 0 Å². The zero-order valence-electron chi connectivity index (χ0n) is 15.3. The second-order valence-corrected chi connectivity index (χ2v) is 6.54. The standard InChI is InChI=1S/C21H18FN3O4/c22-15-7-6-13(25-9-1-2-10-25)12-17(15)24-21(28)20(27)23-16-5-3-4-14-18(26)8-11-29-19(14)16/h1-7,9-10,12,18,26H,8,11H2,(H,23,27)(H,24,28). The molecule has 1 unspecified atom stereocenters. The summed E-state index contributed by atoms with van der Waals surface area (Å²) in [5, 5.41) is 14.8. The summed E-state index contributed by atoms with van der Waals surface area (Å²) in [5.74, 6) is -2.34. The van der Waals surface area contributed by atoms with E-state index in [4.69, 9.17) is 4.74 Å². The summed E-state index contributed by atoms with van der Waals surface area (Å²) in [6.45, 7) is 0.296. The average Bonchev–Trinajstić information content (AvgIpc) is 3.25. The smallest absolute Gasteiger partial charge is 0.314 e. The van der Waals surface area contributed by atoms with Crippen LogP contribution in [-0.4, -0.2) is 28.1 Å². The molecule has 0 aliphatic carbocycles. The predicted molar refractivity (Wildman–Crippen MR) is 105 cm³/mol. The van der Waals surface area contributed by atoms with Gasteiger partial charge in [0.05, 0.1) is 24.1 Å². The average molecular weight is 395 g/mol. The molecule has 1 atom stereocenters. The van der Waals surface area contributed by atoms with Crippen molar-refractivity contribution in [3.05, 3.63) is 72.3 Å². The van der Waals surface area contributed by atoms with Crippen LogP contribution in [0.25, 0.3) is 5.69 Å². The number of ether oxygens (including phenoxy) is 1. The van der Waals surface area contributed by atoms with Crippen LogP contribution >= 0.6 is 0 Å². The van der Waals surface area contributed by atoms with Crippen molar-refractivity contribution in [3.63, 3.8) is 0 Å². The first-order chi connectivity index (χ1) is 14.0. The molecule has 1 aliphatic heterocycles. The minimum absolute atomic E-state index is 0.113. The number of hydrogen-bond donors (Lipinski definition) is 3. The van der Waals surface area contributed by atoms with E-state index in [1.165, 1.54) is 12.1 Å². The van der Waals surface area contributed by atoms with E-state index in [2.05, 4.69) is 10.6 Å². The Kier molecular flexibility index (Phi) is 5.01. The van der Waals surface area contributed by atoms with Crippen LogP contribution in [-0.2, 0) is 9.59 Å². The Labute approximate surface area is 165 Å². The number of nitrogens with zero attached hydrogens (tertiary/aromatic N) is 1. The molecule has 1 aromatic heterocycles. The van der Waals surface area contributed by atoms with E-state index in [1.54, 1.807) is 41.2 Å². The van der Waals surface area contributed by atoms with Gasteiger partial charge in [0.25, 0.3) is 0 Å². The lowest BCUT2D eigenvalue weighted by Gasteiger charge is -2.24. The topological polar surface area (TPSA) is 92.6 Å². The first-order valence-electron chi connectivity index (χ1n) is 9.02. The van der Waals surface area contributed by atoms with Crippen molar-refractivity contribution < 1.29 is 23.8 Å². The number of aromatic nitrogens is 1. The number of benzene rings is 2. The van der Waals surface area contributed by atoms with E-state index in [0.29, 0.717) is 30.0 Å². The van der Waals surface area contributed by atoms with Gasteiger partial charge in [-0.2, -0.15) is 0 Å². The lowest BCUT2D eigenvalue weighted by atomic mass is 10.0. The Morgan fingerprint density at radius 3 is 2.52 bits per heavy atom. The number of aliphatic hydroxyl groups excluding tert-OH is 1. The number of nitrogens with one attached hydrogen (secondary N) is 2. The second-order valence-electron chi connectivity index (χ2n) is 6.54. The molecule has 29 heavy (non-hydrogen) atoms. The molecule has 2 heterocycles. The number of fused-ring (bicyclic) bond motifs is 1. The number of halogens is 1. The van der Waals surface area contributed by atoms with Crippen molar-refractivity contribution in [1.29, 1.82) is 0 Å². The monoisotopic (exact) mass is 395 g/mol. The second kappa shape index (κ2) is 7.76. The van der Waals surface area contributed by atoms with Gasteiger partial charge in [-0.3, -0.25) is 9.59 Å². The van der Waals surface area contributed by atoms with Gasteiger partial charge >= 0.3 is 11.8 Å². The van der Waals surface area contributed by atoms with Gasteiger partial charge < -0.3 is 25.0 Å². The Bertz CT molecular complexity index is 1070. The van der Waals surface area contributed by atoms with Crippen molar-refractivity contribution >= 4 is 23.2 Å². The minimum atomic E-state index is -1.03. The van der Waals surface area contributed by atoms with Crippen molar-refractivity contribution in [2.75, 3.05) is 17.2 Å². The predicted octanol–water partition coefficient (Wildman–Crippen LogP) is 3.01. The highest BCUT2D eigenvalue weighted by atomic mass is 19.1. The van der Waals surface area contributed by atoms with E-state index in [9.17, 15) is 19.1 Å². The molecular weight excluding hydrogens is 377 g/mol. The Balaban J connectivity index is 1.51. The molecule has 3 aromatic rings. The van der Waals surface area contributed by atoms with E-state index < -0.39 is 23.7 Å². The first-order valence-corrected chi connectivity index (χ1v) is 9.02. The van der Waals surface area contributed by atoms with Crippen LogP contribution in [0, 0.1) is 5.82 Å². The third-order valence-corrected chi connectivity index (χ3v) is 4.60. The molecule has 8 heteroatoms. The summed E-state index contributed by atoms with van der Waals surface area (Å²) in [7, 11) is 0. The molecule has 0 spiro atoms. The summed E-state index contributed by atoms with van der Waals surface area (Å²) in [6, 6.07) is 12.7. The Morgan fingerprint density at radius 1 is 1.03 bits per heavy atom. The number of aliphatic hydroxyl groups is 1. The maximum Gasteiger partial charge on any atom is 0.314 e. The number of amides is 2. The summed E-state index contributed by atoms with van der Waals surface area (Å²) in [4.78, 5) is 24.7. The molecule has 0 saturated carbocycles. The maximum absolute atomic E-state index is 14.1. The fourth-order valence-electron chi connectivity index (χ4n) is 3.14. The molecule has 2 amide bonds. The third kappa shape index (κ3) is 3.83. The lowest BCUT2D eigenvalue weighted by molar-refractivity contribution is -0.133. The van der Waals surface area contributed by atoms with Crippen LogP contribution in [0.1, 0.15) is 18.1 Å². The molecule has 0 saturated heterocycles. The SMILES string of the molecule is O=C(Nc1cc(-n2cccc2)ccc1F)C(=O)Nc1cccc2c1OCCC2O. The molecule has 3 N–H and O–H groups in total. The fraction of sp³-hybridized carbons (Fsp3) is 0.143. The van der Waals surface area contributed by atoms with Crippen LogP contribution in [0.2, 0.25) is 0 Å². The number of rotatable bonds is 3. The number of carbonyl (C=O) groups excluding carboxylic acids is 2. The largest absolute Gasteiger partial charge is 0.491 e. The minimum Gasteiger partial charge on any atom is -0.491 e. The van der Waals surface area contributed by atoms with Crippen molar-refractivity contribution in [2.24, 2.45) is 0 Å². The zero-order chi connectivity index (χ0) is 20.4. The summed E-state index contributed by atoms with van der Waals surface area (Å²) in [6.07, 6.45) is 3.30. The molecule has 1 aliphatic rings. The fourth-order valence-corrected chi connectivity index (χ4v) is 3.14. The van der Waals surface area contributed by atoms with Crippen LogP contribution in [0.4, 0.5) is 15.8 Å². The van der Waals surface area contributed by atoms with E-state index >= 15 is 0 Å². The molecular formula is C21H18FN3O4. The molecule has 148 valence electrons. The highest BCUT2D eigenvalue weighted by molar-refractivity contribution is 6.43. The molecule has 0 radical (unpaired) electrons. The lowest BCUT2D eigenvalue weighted by Crippen LogP contribution is -2.30. The normalized spacial score (nSPS) is 15.2. The summed E-state index contributed by atoms with van der Waals surface area (Å²) >= 11 is 0. The van der Waals surface area contributed by atoms with Gasteiger partial charge in [0.2, 0.25) is 0 Å². The molecule has 7 nitrogen and oxygen atoms in total. The van der Waals surface area contributed by atoms with Gasteiger partial charge in [0.15, 0.2) is 0 Å². The molecule has 0 fully saturated rings. The molecule has 4 rings (SSSR count). The van der Waals surface area contributed by atoms with Crippen molar-refractivity contribution in [3.8, 4) is 11.4 Å². The van der Waals surface area contributed by atoms with Gasteiger partial charge in [0.1, 0.15) is 11.6 Å². The van der Waals surface area contributed by atoms with Crippen molar-refractivity contribution in [2.45, 2.75) is 12.5 Å². The Hall–Kier alpha value is -3.65. The summed E-state index contributed by atoms with van der Waals surface area (Å²) < 4.78 is 21.4. The maximum atomic E-state index is 14.1. The van der Waals surface area contributed by atoms with E-state index in [0.717, 1.165) is 0 Å². The highest BCUT2D eigenvalue weighted by Gasteiger charge is 2.24. The number of anilines is 2. The number of hydrogen-bond acceptors (Lipinski definition) is 4. The van der Waals surface area contributed by atoms with Crippen LogP contribution in [0.15, 0.2) is 60.9 Å². The quantitative estimate of drug-likeness (QED) is 0.595. The first kappa shape index (κ1) is 18.7.